The summed E-state index contributed by atoms with van der Waals surface area (Å²) in [5.41, 5.74) is 0. The van der Waals surface area contributed by atoms with Crippen molar-refractivity contribution < 1.29 is 9.90 Å². The first kappa shape index (κ1) is 11.8. The number of nitrogens with one attached hydrogen (secondary N) is 1. The number of aliphatic hydroxyl groups is 1. The summed E-state index contributed by atoms with van der Waals surface area (Å²) in [6.45, 7) is 6.09. The second-order valence-electron chi connectivity index (χ2n) is 3.01. The minimum atomic E-state index is -0.460. The fourth-order valence-electron chi connectivity index (χ4n) is 0.555. The number of amides is 1. The Morgan fingerprint density at radius 1 is 1.50 bits per heavy atom. The molecule has 0 rings (SSSR count). The van der Waals surface area contributed by atoms with Gasteiger partial charge in [0.2, 0.25) is 5.91 Å². The number of thioether (sulfide) groups is 1. The van der Waals surface area contributed by atoms with Gasteiger partial charge in [-0.2, -0.15) is 0 Å². The van der Waals surface area contributed by atoms with Crippen LogP contribution in [0.15, 0.2) is 0 Å². The van der Waals surface area contributed by atoms with Gasteiger partial charge in [0, 0.05) is 6.54 Å². The second-order valence-corrected chi connectivity index (χ2v) is 4.58. The summed E-state index contributed by atoms with van der Waals surface area (Å²) in [6, 6.07) is 0. The molecule has 12 heavy (non-hydrogen) atoms. The van der Waals surface area contributed by atoms with Gasteiger partial charge in [-0.15, -0.1) is 11.8 Å². The lowest BCUT2D eigenvalue weighted by molar-refractivity contribution is -0.118. The Bertz CT molecular complexity index is 123. The molecular formula is C8H17NO2S. The van der Waals surface area contributed by atoms with Crippen LogP contribution in [-0.2, 0) is 4.79 Å². The number of carbonyl (C=O) groups is 1. The summed E-state index contributed by atoms with van der Waals surface area (Å²) in [5.74, 6) is 0.472. The van der Waals surface area contributed by atoms with Crippen molar-refractivity contribution in [1.29, 1.82) is 0 Å². The van der Waals surface area contributed by atoms with Gasteiger partial charge in [0.05, 0.1) is 11.9 Å². The van der Waals surface area contributed by atoms with Crippen molar-refractivity contribution in [3.8, 4) is 0 Å². The number of hydrogen-bond donors (Lipinski definition) is 2. The zero-order chi connectivity index (χ0) is 9.56. The van der Waals surface area contributed by atoms with Gasteiger partial charge >= 0.3 is 0 Å². The molecule has 0 radical (unpaired) electrons. The van der Waals surface area contributed by atoms with E-state index in [9.17, 15) is 4.79 Å². The van der Waals surface area contributed by atoms with E-state index >= 15 is 0 Å². The molecule has 0 aromatic heterocycles. The molecule has 0 unspecified atom stereocenters. The summed E-state index contributed by atoms with van der Waals surface area (Å²) in [7, 11) is 0. The smallest absolute Gasteiger partial charge is 0.230 e. The van der Waals surface area contributed by atoms with Crippen LogP contribution in [0.25, 0.3) is 0 Å². The topological polar surface area (TPSA) is 49.3 Å². The van der Waals surface area contributed by atoms with Crippen molar-refractivity contribution in [3.05, 3.63) is 0 Å². The lowest BCUT2D eigenvalue weighted by Crippen LogP contribution is -2.32. The Hall–Kier alpha value is -0.220. The van der Waals surface area contributed by atoms with E-state index in [1.54, 1.807) is 18.7 Å². The van der Waals surface area contributed by atoms with Crippen LogP contribution in [0, 0.1) is 0 Å². The third-order valence-corrected chi connectivity index (χ3v) is 2.24. The number of rotatable bonds is 5. The SMILES string of the molecule is CC(C)SCC(=O)NC[C@H](C)O. The van der Waals surface area contributed by atoms with Gasteiger partial charge in [0.1, 0.15) is 0 Å². The van der Waals surface area contributed by atoms with Crippen molar-refractivity contribution in [1.82, 2.24) is 5.32 Å². The minimum Gasteiger partial charge on any atom is -0.392 e. The number of hydrogen-bond acceptors (Lipinski definition) is 3. The Kier molecular flexibility index (Phi) is 6.20. The second kappa shape index (κ2) is 6.31. The maximum atomic E-state index is 11.0. The molecule has 0 saturated carbocycles. The minimum absolute atomic E-state index is 0.00500. The Morgan fingerprint density at radius 3 is 2.50 bits per heavy atom. The van der Waals surface area contributed by atoms with Crippen molar-refractivity contribution in [3.63, 3.8) is 0 Å². The normalized spacial score (nSPS) is 13.1. The molecule has 72 valence electrons. The zero-order valence-corrected chi connectivity index (χ0v) is 8.65. The van der Waals surface area contributed by atoms with E-state index in [0.717, 1.165) is 0 Å². The largest absolute Gasteiger partial charge is 0.392 e. The van der Waals surface area contributed by atoms with Crippen molar-refractivity contribution in [2.24, 2.45) is 0 Å². The molecule has 0 aromatic rings. The summed E-state index contributed by atoms with van der Waals surface area (Å²) in [5, 5.41) is 12.0. The maximum Gasteiger partial charge on any atom is 0.230 e. The number of aliphatic hydroxyl groups excluding tert-OH is 1. The first-order valence-electron chi connectivity index (χ1n) is 4.08. The zero-order valence-electron chi connectivity index (χ0n) is 7.83. The van der Waals surface area contributed by atoms with E-state index in [1.165, 1.54) is 0 Å². The molecule has 2 N–H and O–H groups in total. The van der Waals surface area contributed by atoms with Gasteiger partial charge in [-0.3, -0.25) is 4.79 Å². The molecule has 1 atom stereocenters. The van der Waals surface area contributed by atoms with Crippen molar-refractivity contribution in [2.75, 3.05) is 12.3 Å². The molecule has 0 heterocycles. The van der Waals surface area contributed by atoms with Crippen molar-refractivity contribution in [2.45, 2.75) is 32.1 Å². The third kappa shape index (κ3) is 7.88. The monoisotopic (exact) mass is 191 g/mol. The molecular weight excluding hydrogens is 174 g/mol. The first-order valence-corrected chi connectivity index (χ1v) is 5.13. The molecule has 3 nitrogen and oxygen atoms in total. The van der Waals surface area contributed by atoms with E-state index in [0.29, 0.717) is 17.5 Å². The van der Waals surface area contributed by atoms with Crippen LogP contribution in [0.1, 0.15) is 20.8 Å². The lowest BCUT2D eigenvalue weighted by atomic mass is 10.4. The van der Waals surface area contributed by atoms with Crippen LogP contribution in [0.3, 0.4) is 0 Å². The predicted molar refractivity (Wildman–Crippen MR) is 52.3 cm³/mol. The third-order valence-electron chi connectivity index (χ3n) is 1.14. The van der Waals surface area contributed by atoms with Gasteiger partial charge < -0.3 is 10.4 Å². The average Bonchev–Trinajstić information content (AvgIpc) is 1.96. The van der Waals surface area contributed by atoms with E-state index < -0.39 is 6.10 Å². The van der Waals surface area contributed by atoms with Gasteiger partial charge in [0.15, 0.2) is 0 Å². The average molecular weight is 191 g/mol. The van der Waals surface area contributed by atoms with E-state index in [2.05, 4.69) is 5.32 Å². The van der Waals surface area contributed by atoms with E-state index in [-0.39, 0.29) is 5.91 Å². The van der Waals surface area contributed by atoms with Gasteiger partial charge in [-0.25, -0.2) is 0 Å². The molecule has 0 bridgehead atoms. The molecule has 0 fully saturated rings. The van der Waals surface area contributed by atoms with Crippen LogP contribution in [0.4, 0.5) is 0 Å². The number of carbonyl (C=O) groups excluding carboxylic acids is 1. The molecule has 4 heteroatoms. The van der Waals surface area contributed by atoms with Crippen LogP contribution in [0.2, 0.25) is 0 Å². The summed E-state index contributed by atoms with van der Waals surface area (Å²) >= 11 is 1.60. The molecule has 0 aliphatic carbocycles. The summed E-state index contributed by atoms with van der Waals surface area (Å²) in [4.78, 5) is 11.0. The van der Waals surface area contributed by atoms with E-state index in [1.807, 2.05) is 13.8 Å². The molecule has 1 amide bonds. The first-order chi connectivity index (χ1) is 5.52. The quantitative estimate of drug-likeness (QED) is 0.670. The van der Waals surface area contributed by atoms with Crippen LogP contribution in [0.5, 0.6) is 0 Å². The standard InChI is InChI=1S/C8H17NO2S/c1-6(2)12-5-8(11)9-4-7(3)10/h6-7,10H,4-5H2,1-3H3,(H,9,11)/t7-/m0/s1. The van der Waals surface area contributed by atoms with Crippen LogP contribution >= 0.6 is 11.8 Å². The Balaban J connectivity index is 3.34. The molecule has 0 aromatic carbocycles. The Morgan fingerprint density at radius 2 is 2.08 bits per heavy atom. The van der Waals surface area contributed by atoms with E-state index in [4.69, 9.17) is 5.11 Å². The highest BCUT2D eigenvalue weighted by Gasteiger charge is 2.03. The molecule has 0 spiro atoms. The van der Waals surface area contributed by atoms with Crippen molar-refractivity contribution >= 4 is 17.7 Å². The lowest BCUT2D eigenvalue weighted by Gasteiger charge is -2.07. The van der Waals surface area contributed by atoms with Gasteiger partial charge in [-0.1, -0.05) is 13.8 Å². The highest BCUT2D eigenvalue weighted by atomic mass is 32.2. The van der Waals surface area contributed by atoms with Crippen LogP contribution in [-0.4, -0.2) is 34.7 Å². The molecule has 0 aliphatic heterocycles. The Labute approximate surface area is 77.9 Å². The highest BCUT2D eigenvalue weighted by Crippen LogP contribution is 2.07. The van der Waals surface area contributed by atoms with Crippen LogP contribution < -0.4 is 5.32 Å². The highest BCUT2D eigenvalue weighted by molar-refractivity contribution is 8.00. The molecule has 0 saturated heterocycles. The van der Waals surface area contributed by atoms with Gasteiger partial charge in [-0.05, 0) is 12.2 Å². The molecule has 0 aliphatic rings. The summed E-state index contributed by atoms with van der Waals surface area (Å²) in [6.07, 6.45) is -0.460. The fourth-order valence-corrected chi connectivity index (χ4v) is 1.14. The predicted octanol–water partition coefficient (Wildman–Crippen LogP) is 0.625. The fraction of sp³-hybridized carbons (Fsp3) is 0.875. The van der Waals surface area contributed by atoms with Gasteiger partial charge in [0.25, 0.3) is 0 Å². The maximum absolute atomic E-state index is 11.0. The summed E-state index contributed by atoms with van der Waals surface area (Å²) < 4.78 is 0.